The number of carboxylic acids is 1. The van der Waals surface area contributed by atoms with Gasteiger partial charge in [-0.15, -0.1) is 0 Å². The number of rotatable bonds is 1. The van der Waals surface area contributed by atoms with Crippen LogP contribution in [0, 0.1) is 22.7 Å². The van der Waals surface area contributed by atoms with E-state index in [4.69, 9.17) is 0 Å². The molecule has 2 saturated carbocycles. The standard InChI is InChI=1S/C15H22O3/c1-9-4-5-11-10(12(16)17)6-14(18)7-13(2,3)8-15(9,11)14/h6,9,11,18H,4-5,7-8H2,1-3H3,(H,16,17)/t9-,11-,14-,15+/m1/s1. The van der Waals surface area contributed by atoms with Crippen LogP contribution in [0.2, 0.25) is 0 Å². The Bertz CT molecular complexity index is 451. The molecule has 2 fully saturated rings. The first-order valence-corrected chi connectivity index (χ1v) is 6.90. The van der Waals surface area contributed by atoms with Gasteiger partial charge in [0.1, 0.15) is 0 Å². The molecule has 18 heavy (non-hydrogen) atoms. The minimum Gasteiger partial charge on any atom is -0.478 e. The lowest BCUT2D eigenvalue weighted by molar-refractivity contribution is -0.133. The summed E-state index contributed by atoms with van der Waals surface area (Å²) >= 11 is 0. The van der Waals surface area contributed by atoms with Gasteiger partial charge < -0.3 is 10.2 Å². The minimum atomic E-state index is -0.898. The molecule has 0 aromatic carbocycles. The van der Waals surface area contributed by atoms with Crippen LogP contribution in [0.15, 0.2) is 11.6 Å². The predicted octanol–water partition coefficient (Wildman–Crippen LogP) is 2.59. The second-order valence-electron chi connectivity index (χ2n) is 7.42. The molecule has 0 aromatic rings. The van der Waals surface area contributed by atoms with E-state index in [0.29, 0.717) is 17.9 Å². The molecule has 3 heteroatoms. The van der Waals surface area contributed by atoms with Crippen LogP contribution < -0.4 is 0 Å². The van der Waals surface area contributed by atoms with Crippen LogP contribution in [0.4, 0.5) is 0 Å². The second kappa shape index (κ2) is 3.19. The molecule has 0 unspecified atom stereocenters. The van der Waals surface area contributed by atoms with E-state index in [1.807, 2.05) is 0 Å². The van der Waals surface area contributed by atoms with E-state index in [1.165, 1.54) is 0 Å². The van der Waals surface area contributed by atoms with E-state index in [9.17, 15) is 15.0 Å². The molecule has 3 aliphatic rings. The van der Waals surface area contributed by atoms with Gasteiger partial charge in [-0.25, -0.2) is 4.79 Å². The van der Waals surface area contributed by atoms with Crippen LogP contribution >= 0.6 is 0 Å². The van der Waals surface area contributed by atoms with Crippen LogP contribution in [0.25, 0.3) is 0 Å². The Hall–Kier alpha value is -0.830. The first-order chi connectivity index (χ1) is 8.22. The summed E-state index contributed by atoms with van der Waals surface area (Å²) in [5.41, 5.74) is -0.543. The fourth-order valence-corrected chi connectivity index (χ4v) is 5.39. The van der Waals surface area contributed by atoms with Crippen molar-refractivity contribution in [1.29, 1.82) is 0 Å². The molecule has 0 aliphatic heterocycles. The first-order valence-electron chi connectivity index (χ1n) is 6.90. The largest absolute Gasteiger partial charge is 0.478 e. The van der Waals surface area contributed by atoms with Gasteiger partial charge in [0, 0.05) is 11.0 Å². The lowest BCUT2D eigenvalue weighted by atomic mass is 9.66. The lowest BCUT2D eigenvalue weighted by Gasteiger charge is -2.40. The van der Waals surface area contributed by atoms with E-state index in [-0.39, 0.29) is 16.7 Å². The highest BCUT2D eigenvalue weighted by Gasteiger charge is 2.70. The quantitative estimate of drug-likeness (QED) is 0.752. The molecular formula is C15H22O3. The third-order valence-electron chi connectivity index (χ3n) is 5.73. The SMILES string of the molecule is C[C@@H]1CC[C@@H]2C(C(=O)O)=C[C@@]3(O)CC(C)(C)C[C@]123. The van der Waals surface area contributed by atoms with Gasteiger partial charge in [-0.2, -0.15) is 0 Å². The summed E-state index contributed by atoms with van der Waals surface area (Å²) in [6.45, 7) is 6.56. The molecule has 0 saturated heterocycles. The number of carboxylic acid groups (broad SMARTS) is 1. The van der Waals surface area contributed by atoms with Crippen molar-refractivity contribution in [1.82, 2.24) is 0 Å². The zero-order valence-electron chi connectivity index (χ0n) is 11.4. The van der Waals surface area contributed by atoms with Crippen molar-refractivity contribution in [3.63, 3.8) is 0 Å². The third kappa shape index (κ3) is 1.21. The number of carbonyl (C=O) groups is 1. The van der Waals surface area contributed by atoms with E-state index >= 15 is 0 Å². The van der Waals surface area contributed by atoms with Crippen molar-refractivity contribution in [3.05, 3.63) is 11.6 Å². The van der Waals surface area contributed by atoms with E-state index in [0.717, 1.165) is 19.3 Å². The monoisotopic (exact) mass is 250 g/mol. The van der Waals surface area contributed by atoms with Gasteiger partial charge in [-0.05, 0) is 49.0 Å². The van der Waals surface area contributed by atoms with Crippen molar-refractivity contribution in [2.45, 2.75) is 52.1 Å². The van der Waals surface area contributed by atoms with E-state index in [1.54, 1.807) is 6.08 Å². The molecule has 2 N–H and O–H groups in total. The molecule has 0 aromatic heterocycles. The molecule has 100 valence electrons. The first kappa shape index (κ1) is 12.2. The lowest BCUT2D eigenvalue weighted by Crippen LogP contribution is -2.44. The minimum absolute atomic E-state index is 0.0526. The maximum Gasteiger partial charge on any atom is 0.331 e. The summed E-state index contributed by atoms with van der Waals surface area (Å²) in [7, 11) is 0. The fourth-order valence-electron chi connectivity index (χ4n) is 5.39. The molecule has 3 rings (SSSR count). The number of aliphatic carboxylic acids is 1. The van der Waals surface area contributed by atoms with Crippen LogP contribution in [-0.2, 0) is 4.79 Å². The molecule has 0 amide bonds. The van der Waals surface area contributed by atoms with Gasteiger partial charge in [-0.1, -0.05) is 20.8 Å². The maximum atomic E-state index is 11.4. The van der Waals surface area contributed by atoms with Gasteiger partial charge in [-0.3, -0.25) is 0 Å². The Labute approximate surface area is 108 Å². The van der Waals surface area contributed by atoms with Gasteiger partial charge in [0.05, 0.1) is 5.60 Å². The van der Waals surface area contributed by atoms with Gasteiger partial charge >= 0.3 is 5.97 Å². The maximum absolute atomic E-state index is 11.4. The molecule has 1 spiro atoms. The Morgan fingerprint density at radius 2 is 2.00 bits per heavy atom. The average molecular weight is 250 g/mol. The fraction of sp³-hybridized carbons (Fsp3) is 0.800. The number of hydrogen-bond acceptors (Lipinski definition) is 2. The molecule has 0 heterocycles. The summed E-state index contributed by atoms with van der Waals surface area (Å²) in [4.78, 5) is 11.4. The molecule has 3 aliphatic carbocycles. The summed E-state index contributed by atoms with van der Waals surface area (Å²) in [6, 6.07) is 0. The van der Waals surface area contributed by atoms with Crippen molar-refractivity contribution in [2.24, 2.45) is 22.7 Å². The number of hydrogen-bond donors (Lipinski definition) is 2. The van der Waals surface area contributed by atoms with Crippen molar-refractivity contribution < 1.29 is 15.0 Å². The summed E-state index contributed by atoms with van der Waals surface area (Å²) < 4.78 is 0. The Kier molecular flexibility index (Phi) is 2.16. The normalized spacial score (nSPS) is 48.8. The van der Waals surface area contributed by atoms with E-state index in [2.05, 4.69) is 20.8 Å². The number of aliphatic hydroxyl groups is 1. The van der Waals surface area contributed by atoms with Crippen LogP contribution in [-0.4, -0.2) is 21.8 Å². The predicted molar refractivity (Wildman–Crippen MR) is 68.0 cm³/mol. The van der Waals surface area contributed by atoms with Gasteiger partial charge in [0.25, 0.3) is 0 Å². The molecular weight excluding hydrogens is 228 g/mol. The molecule has 4 atom stereocenters. The zero-order valence-corrected chi connectivity index (χ0v) is 11.4. The van der Waals surface area contributed by atoms with E-state index < -0.39 is 11.6 Å². The molecule has 0 radical (unpaired) electrons. The summed E-state index contributed by atoms with van der Waals surface area (Å²) in [5.74, 6) is -0.381. The van der Waals surface area contributed by atoms with Gasteiger partial charge in [0.2, 0.25) is 0 Å². The average Bonchev–Trinajstić information content (AvgIpc) is 2.70. The summed E-state index contributed by atoms with van der Waals surface area (Å²) in [5, 5.41) is 20.4. The van der Waals surface area contributed by atoms with Gasteiger partial charge in [0.15, 0.2) is 0 Å². The van der Waals surface area contributed by atoms with Crippen molar-refractivity contribution >= 4 is 5.97 Å². The third-order valence-corrected chi connectivity index (χ3v) is 5.73. The highest BCUT2D eigenvalue weighted by molar-refractivity contribution is 5.89. The van der Waals surface area contributed by atoms with Crippen molar-refractivity contribution in [2.75, 3.05) is 0 Å². The smallest absolute Gasteiger partial charge is 0.331 e. The Morgan fingerprint density at radius 1 is 1.33 bits per heavy atom. The topological polar surface area (TPSA) is 57.5 Å². The highest BCUT2D eigenvalue weighted by atomic mass is 16.4. The summed E-state index contributed by atoms with van der Waals surface area (Å²) in [6.07, 6.45) is 5.27. The Morgan fingerprint density at radius 3 is 2.61 bits per heavy atom. The zero-order chi connectivity index (χ0) is 13.3. The molecule has 3 nitrogen and oxygen atoms in total. The van der Waals surface area contributed by atoms with Crippen LogP contribution in [0.1, 0.15) is 46.5 Å². The van der Waals surface area contributed by atoms with Crippen molar-refractivity contribution in [3.8, 4) is 0 Å². The Balaban J connectivity index is 2.15. The second-order valence-corrected chi connectivity index (χ2v) is 7.42. The highest BCUT2D eigenvalue weighted by Crippen LogP contribution is 2.71. The van der Waals surface area contributed by atoms with Crippen LogP contribution in [0.5, 0.6) is 0 Å². The molecule has 0 bridgehead atoms. The van der Waals surface area contributed by atoms with Crippen LogP contribution in [0.3, 0.4) is 0 Å².